The highest BCUT2D eigenvalue weighted by molar-refractivity contribution is 6.52. The van der Waals surface area contributed by atoms with Gasteiger partial charge < -0.3 is 14.2 Å². The Hall–Kier alpha value is -2.56. The fraction of sp³-hybridized carbons (Fsp3) is 0.200. The van der Waals surface area contributed by atoms with Gasteiger partial charge in [0.05, 0.1) is 24.1 Å². The van der Waals surface area contributed by atoms with E-state index in [1.807, 2.05) is 36.2 Å². The predicted octanol–water partition coefficient (Wildman–Crippen LogP) is 2.08. The molecule has 102 valence electrons. The number of hydrogen-bond acceptors (Lipinski definition) is 4. The second-order valence-electron chi connectivity index (χ2n) is 4.83. The first-order valence-electron chi connectivity index (χ1n) is 6.28. The van der Waals surface area contributed by atoms with Gasteiger partial charge in [0.1, 0.15) is 5.76 Å². The van der Waals surface area contributed by atoms with Crippen LogP contribution in [0.5, 0.6) is 0 Å². The normalized spacial score (nSPS) is 13.8. The molecule has 5 nitrogen and oxygen atoms in total. The maximum absolute atomic E-state index is 11.7. The second kappa shape index (κ2) is 4.52. The molecule has 0 fully saturated rings. The monoisotopic (exact) mass is 270 g/mol. The molecule has 20 heavy (non-hydrogen) atoms. The molecule has 0 radical (unpaired) electrons. The number of ketones is 1. The number of Topliss-reactive ketones (excluding diaryl/α,β-unsaturated/α-hetero) is 1. The molecule has 1 aromatic carbocycles. The van der Waals surface area contributed by atoms with Crippen LogP contribution in [0.4, 0.5) is 11.4 Å². The van der Waals surface area contributed by atoms with Gasteiger partial charge in [-0.05, 0) is 30.3 Å². The van der Waals surface area contributed by atoms with Crippen molar-refractivity contribution in [2.24, 2.45) is 0 Å². The zero-order valence-corrected chi connectivity index (χ0v) is 11.3. The summed E-state index contributed by atoms with van der Waals surface area (Å²) in [6.45, 7) is 0.622. The van der Waals surface area contributed by atoms with Gasteiger partial charge in [-0.1, -0.05) is 0 Å². The van der Waals surface area contributed by atoms with E-state index in [1.165, 1.54) is 4.90 Å². The van der Waals surface area contributed by atoms with Crippen LogP contribution in [-0.2, 0) is 11.3 Å². The number of carbonyl (C=O) groups excluding carboxylic acids is 2. The number of hydrogen-bond donors (Lipinski definition) is 0. The number of benzene rings is 1. The van der Waals surface area contributed by atoms with Crippen LogP contribution in [0.25, 0.3) is 0 Å². The van der Waals surface area contributed by atoms with E-state index in [4.69, 9.17) is 4.42 Å². The van der Waals surface area contributed by atoms with Gasteiger partial charge in [0, 0.05) is 19.8 Å². The number of carbonyl (C=O) groups is 2. The Morgan fingerprint density at radius 3 is 2.75 bits per heavy atom. The third-order valence-corrected chi connectivity index (χ3v) is 3.50. The molecule has 1 aromatic heterocycles. The average molecular weight is 270 g/mol. The lowest BCUT2D eigenvalue weighted by molar-refractivity contribution is -0.114. The van der Waals surface area contributed by atoms with E-state index in [0.717, 1.165) is 11.4 Å². The number of nitrogens with zero attached hydrogens (tertiary/aromatic N) is 2. The quantitative estimate of drug-likeness (QED) is 0.801. The van der Waals surface area contributed by atoms with Crippen molar-refractivity contribution in [3.05, 3.63) is 47.9 Å². The molecule has 0 N–H and O–H groups in total. The van der Waals surface area contributed by atoms with Crippen molar-refractivity contribution in [1.82, 2.24) is 0 Å². The molecular formula is C15H14N2O3. The Kier molecular flexibility index (Phi) is 2.82. The molecule has 2 aromatic rings. The summed E-state index contributed by atoms with van der Waals surface area (Å²) in [5.41, 5.74) is 2.05. The molecule has 0 aliphatic carbocycles. The number of rotatable bonds is 3. The van der Waals surface area contributed by atoms with Gasteiger partial charge in [0.15, 0.2) is 0 Å². The number of fused-ring (bicyclic) bond motifs is 1. The van der Waals surface area contributed by atoms with Crippen molar-refractivity contribution < 1.29 is 14.0 Å². The van der Waals surface area contributed by atoms with Crippen LogP contribution in [0.1, 0.15) is 16.1 Å². The number of likely N-dealkylation sites (N-methyl/N-ethyl adjacent to an activating group) is 1. The first kappa shape index (κ1) is 12.5. The van der Waals surface area contributed by atoms with Crippen molar-refractivity contribution >= 4 is 23.1 Å². The van der Waals surface area contributed by atoms with Crippen LogP contribution in [0.15, 0.2) is 41.0 Å². The lowest BCUT2D eigenvalue weighted by atomic mass is 10.1. The zero-order chi connectivity index (χ0) is 14.3. The number of furan rings is 1. The molecule has 1 amide bonds. The molecule has 0 bridgehead atoms. The SMILES string of the molecule is CN(Cc1ccco1)c1ccc2c(c1)N(C)C(=O)C2=O. The fourth-order valence-electron chi connectivity index (χ4n) is 2.33. The summed E-state index contributed by atoms with van der Waals surface area (Å²) in [5, 5.41) is 0. The highest BCUT2D eigenvalue weighted by atomic mass is 16.3. The maximum Gasteiger partial charge on any atom is 0.299 e. The predicted molar refractivity (Wildman–Crippen MR) is 75.0 cm³/mol. The van der Waals surface area contributed by atoms with E-state index in [1.54, 1.807) is 19.4 Å². The molecule has 3 rings (SSSR count). The lowest BCUT2D eigenvalue weighted by Gasteiger charge is -2.19. The minimum Gasteiger partial charge on any atom is -0.467 e. The van der Waals surface area contributed by atoms with Gasteiger partial charge in [-0.25, -0.2) is 0 Å². The molecule has 2 heterocycles. The van der Waals surface area contributed by atoms with E-state index < -0.39 is 11.7 Å². The Morgan fingerprint density at radius 2 is 2.05 bits per heavy atom. The number of anilines is 2. The van der Waals surface area contributed by atoms with Crippen LogP contribution in [0.2, 0.25) is 0 Å². The third-order valence-electron chi connectivity index (χ3n) is 3.50. The molecular weight excluding hydrogens is 256 g/mol. The van der Waals surface area contributed by atoms with E-state index in [2.05, 4.69) is 0 Å². The molecule has 1 aliphatic heterocycles. The minimum absolute atomic E-state index is 0.442. The molecule has 1 aliphatic rings. The first-order chi connectivity index (χ1) is 9.58. The standard InChI is InChI=1S/C15H14N2O3/c1-16(9-11-4-3-7-20-11)10-5-6-12-13(8-10)17(2)15(19)14(12)18/h3-8H,9H2,1-2H3. The molecule has 0 saturated heterocycles. The molecule has 0 saturated carbocycles. The van der Waals surface area contributed by atoms with E-state index in [-0.39, 0.29) is 0 Å². The molecule has 5 heteroatoms. The van der Waals surface area contributed by atoms with Crippen LogP contribution >= 0.6 is 0 Å². The summed E-state index contributed by atoms with van der Waals surface area (Å²) in [7, 11) is 3.55. The van der Waals surface area contributed by atoms with Crippen molar-refractivity contribution in [3.8, 4) is 0 Å². The second-order valence-corrected chi connectivity index (χ2v) is 4.83. The average Bonchev–Trinajstić information content (AvgIpc) is 3.03. The van der Waals surface area contributed by atoms with Crippen molar-refractivity contribution in [2.45, 2.75) is 6.54 Å². The summed E-state index contributed by atoms with van der Waals surface area (Å²) < 4.78 is 5.31. The largest absolute Gasteiger partial charge is 0.467 e. The molecule has 0 spiro atoms. The van der Waals surface area contributed by atoms with E-state index in [9.17, 15) is 9.59 Å². The Morgan fingerprint density at radius 1 is 1.25 bits per heavy atom. The topological polar surface area (TPSA) is 53.8 Å². The van der Waals surface area contributed by atoms with Gasteiger partial charge in [-0.2, -0.15) is 0 Å². The van der Waals surface area contributed by atoms with Gasteiger partial charge in [0.25, 0.3) is 11.7 Å². The van der Waals surface area contributed by atoms with Gasteiger partial charge in [-0.15, -0.1) is 0 Å². The highest BCUT2D eigenvalue weighted by Crippen LogP contribution is 2.31. The summed E-state index contributed by atoms with van der Waals surface area (Å²) in [4.78, 5) is 26.8. The Labute approximate surface area is 116 Å². The van der Waals surface area contributed by atoms with E-state index in [0.29, 0.717) is 17.8 Å². The third kappa shape index (κ3) is 1.87. The molecule has 0 atom stereocenters. The van der Waals surface area contributed by atoms with Crippen molar-refractivity contribution in [1.29, 1.82) is 0 Å². The first-order valence-corrected chi connectivity index (χ1v) is 6.28. The van der Waals surface area contributed by atoms with Crippen LogP contribution in [0.3, 0.4) is 0 Å². The highest BCUT2D eigenvalue weighted by Gasteiger charge is 2.33. The van der Waals surface area contributed by atoms with Crippen LogP contribution in [-0.4, -0.2) is 25.8 Å². The fourth-order valence-corrected chi connectivity index (χ4v) is 2.33. The minimum atomic E-state index is -0.481. The summed E-state index contributed by atoms with van der Waals surface area (Å²) in [5.74, 6) is -0.0675. The van der Waals surface area contributed by atoms with Crippen molar-refractivity contribution in [2.75, 3.05) is 23.9 Å². The summed E-state index contributed by atoms with van der Waals surface area (Å²) in [6.07, 6.45) is 1.64. The van der Waals surface area contributed by atoms with Crippen LogP contribution in [0, 0.1) is 0 Å². The molecule has 0 unspecified atom stereocenters. The Balaban J connectivity index is 1.90. The van der Waals surface area contributed by atoms with Gasteiger partial charge in [-0.3, -0.25) is 9.59 Å². The van der Waals surface area contributed by atoms with E-state index >= 15 is 0 Å². The zero-order valence-electron chi connectivity index (χ0n) is 11.3. The van der Waals surface area contributed by atoms with Gasteiger partial charge in [0.2, 0.25) is 0 Å². The lowest BCUT2D eigenvalue weighted by Crippen LogP contribution is -2.24. The smallest absolute Gasteiger partial charge is 0.299 e. The number of amides is 1. The maximum atomic E-state index is 11.7. The van der Waals surface area contributed by atoms with Crippen molar-refractivity contribution in [3.63, 3.8) is 0 Å². The summed E-state index contributed by atoms with van der Waals surface area (Å²) >= 11 is 0. The Bertz CT molecular complexity index is 676. The van der Waals surface area contributed by atoms with Gasteiger partial charge >= 0.3 is 0 Å². The van der Waals surface area contributed by atoms with Crippen LogP contribution < -0.4 is 9.80 Å². The summed E-state index contributed by atoms with van der Waals surface area (Å²) in [6, 6.07) is 9.14.